The molecule has 2 rings (SSSR count). The summed E-state index contributed by atoms with van der Waals surface area (Å²) in [5, 5.41) is 14.6. The highest BCUT2D eigenvalue weighted by Crippen LogP contribution is 2.25. The fourth-order valence-electron chi connectivity index (χ4n) is 2.70. The van der Waals surface area contributed by atoms with E-state index in [0.717, 1.165) is 22.9 Å². The average Bonchev–Trinajstić information content (AvgIpc) is 2.47. The Morgan fingerprint density at radius 2 is 1.96 bits per heavy atom. The van der Waals surface area contributed by atoms with E-state index in [4.69, 9.17) is 5.11 Å². The van der Waals surface area contributed by atoms with Crippen molar-refractivity contribution in [2.75, 3.05) is 13.1 Å². The highest BCUT2D eigenvalue weighted by molar-refractivity contribution is 9.10. The van der Waals surface area contributed by atoms with Crippen LogP contribution in [-0.2, 0) is 11.3 Å². The van der Waals surface area contributed by atoms with E-state index in [2.05, 4.69) is 26.6 Å². The Morgan fingerprint density at radius 3 is 2.52 bits per heavy atom. The molecular weight excluding hydrogens is 362 g/mol. The Bertz CT molecular complexity index is 544. The van der Waals surface area contributed by atoms with Crippen LogP contribution in [0.15, 0.2) is 28.7 Å². The van der Waals surface area contributed by atoms with Gasteiger partial charge < -0.3 is 15.7 Å². The van der Waals surface area contributed by atoms with Gasteiger partial charge in [0.2, 0.25) is 0 Å². The summed E-state index contributed by atoms with van der Waals surface area (Å²) in [6.45, 7) is 3.20. The quantitative estimate of drug-likeness (QED) is 0.673. The minimum Gasteiger partial charge on any atom is -0.480 e. The number of rotatable bonds is 7. The van der Waals surface area contributed by atoms with Gasteiger partial charge in [-0.25, -0.2) is 4.79 Å². The molecule has 1 saturated carbocycles. The lowest BCUT2D eigenvalue weighted by Crippen LogP contribution is -2.56. The Labute approximate surface area is 144 Å². The van der Waals surface area contributed by atoms with Gasteiger partial charge in [-0.2, -0.15) is 0 Å². The lowest BCUT2D eigenvalue weighted by Gasteiger charge is -2.42. The highest BCUT2D eigenvalue weighted by Gasteiger charge is 2.34. The molecule has 1 fully saturated rings. The Balaban J connectivity index is 1.67. The molecule has 0 aromatic heterocycles. The summed E-state index contributed by atoms with van der Waals surface area (Å²) in [7, 11) is 0. The van der Waals surface area contributed by atoms with E-state index in [1.807, 2.05) is 36.1 Å². The molecule has 0 radical (unpaired) electrons. The molecule has 23 heavy (non-hydrogen) atoms. The maximum Gasteiger partial charge on any atom is 0.317 e. The topological polar surface area (TPSA) is 81.7 Å². The fourth-order valence-corrected chi connectivity index (χ4v) is 2.96. The average molecular weight is 384 g/mol. The van der Waals surface area contributed by atoms with E-state index >= 15 is 0 Å². The number of benzene rings is 1. The fraction of sp³-hybridized carbons (Fsp3) is 0.500. The van der Waals surface area contributed by atoms with Crippen LogP contribution in [0.1, 0.15) is 25.3 Å². The van der Waals surface area contributed by atoms with Gasteiger partial charge in [-0.05, 0) is 37.1 Å². The molecular formula is C16H22BrN3O3. The number of halogens is 1. The smallest absolute Gasteiger partial charge is 0.317 e. The molecule has 0 spiro atoms. The lowest BCUT2D eigenvalue weighted by atomic mass is 9.85. The van der Waals surface area contributed by atoms with Crippen molar-refractivity contribution in [1.82, 2.24) is 15.5 Å². The van der Waals surface area contributed by atoms with Crippen LogP contribution in [0.25, 0.3) is 0 Å². The summed E-state index contributed by atoms with van der Waals surface area (Å²) in [6.07, 6.45) is 1.60. The number of carbonyl (C=O) groups excluding carboxylic acids is 1. The Hall–Kier alpha value is -1.60. The van der Waals surface area contributed by atoms with Gasteiger partial charge in [0.05, 0.1) is 6.54 Å². The van der Waals surface area contributed by atoms with Crippen molar-refractivity contribution in [3.05, 3.63) is 34.3 Å². The van der Waals surface area contributed by atoms with Crippen molar-refractivity contribution in [2.45, 2.75) is 38.4 Å². The first-order chi connectivity index (χ1) is 11.0. The molecule has 0 unspecified atom stereocenters. The number of likely N-dealkylation sites (N-methyl/N-ethyl adjacent to an activating group) is 1. The summed E-state index contributed by atoms with van der Waals surface area (Å²) in [5.41, 5.74) is 1.04. The maximum absolute atomic E-state index is 11.9. The second kappa shape index (κ2) is 8.31. The maximum atomic E-state index is 11.9. The second-order valence-corrected chi connectivity index (χ2v) is 6.65. The predicted octanol–water partition coefficient (Wildman–Crippen LogP) is 2.19. The molecule has 2 amide bonds. The number of hydrogen-bond acceptors (Lipinski definition) is 3. The van der Waals surface area contributed by atoms with Crippen LogP contribution in [0.3, 0.4) is 0 Å². The molecule has 0 atom stereocenters. The van der Waals surface area contributed by atoms with Crippen LogP contribution >= 0.6 is 15.9 Å². The van der Waals surface area contributed by atoms with Crippen LogP contribution in [0.2, 0.25) is 0 Å². The zero-order valence-electron chi connectivity index (χ0n) is 13.1. The summed E-state index contributed by atoms with van der Waals surface area (Å²) in [5.74, 6) is -0.810. The molecule has 0 bridgehead atoms. The molecule has 126 valence electrons. The van der Waals surface area contributed by atoms with Crippen LogP contribution in [-0.4, -0.2) is 47.2 Å². The molecule has 6 nitrogen and oxygen atoms in total. The number of urea groups is 1. The van der Waals surface area contributed by atoms with Crippen molar-refractivity contribution in [1.29, 1.82) is 0 Å². The summed E-state index contributed by atoms with van der Waals surface area (Å²) >= 11 is 3.37. The Morgan fingerprint density at radius 1 is 1.30 bits per heavy atom. The third-order valence-electron chi connectivity index (χ3n) is 4.08. The van der Waals surface area contributed by atoms with Gasteiger partial charge in [-0.15, -0.1) is 0 Å². The molecule has 0 saturated heterocycles. The van der Waals surface area contributed by atoms with Gasteiger partial charge in [0.25, 0.3) is 0 Å². The standard InChI is InChI=1S/C16H22BrN3O3/c1-2-20(10-15(21)22)14-7-13(8-14)19-16(23)18-9-11-3-5-12(17)6-4-11/h3-6,13-14H,2,7-10H2,1H3,(H,21,22)(H2,18,19,23). The predicted molar refractivity (Wildman–Crippen MR) is 91.2 cm³/mol. The normalized spacial score (nSPS) is 20.0. The number of aliphatic carboxylic acids is 1. The number of carboxylic acids is 1. The number of hydrogen-bond donors (Lipinski definition) is 3. The van der Waals surface area contributed by atoms with E-state index in [1.54, 1.807) is 0 Å². The third-order valence-corrected chi connectivity index (χ3v) is 4.60. The molecule has 0 heterocycles. The summed E-state index contributed by atoms with van der Waals surface area (Å²) < 4.78 is 1.01. The highest BCUT2D eigenvalue weighted by atomic mass is 79.9. The lowest BCUT2D eigenvalue weighted by molar-refractivity contribution is -0.139. The number of carboxylic acid groups (broad SMARTS) is 1. The van der Waals surface area contributed by atoms with E-state index in [-0.39, 0.29) is 24.7 Å². The van der Waals surface area contributed by atoms with Crippen molar-refractivity contribution in [2.24, 2.45) is 0 Å². The van der Waals surface area contributed by atoms with Crippen molar-refractivity contribution >= 4 is 27.9 Å². The van der Waals surface area contributed by atoms with Gasteiger partial charge in [-0.1, -0.05) is 35.0 Å². The van der Waals surface area contributed by atoms with E-state index in [1.165, 1.54) is 0 Å². The van der Waals surface area contributed by atoms with Crippen molar-refractivity contribution < 1.29 is 14.7 Å². The first kappa shape index (κ1) is 17.7. The molecule has 1 aliphatic rings. The molecule has 1 aromatic rings. The SMILES string of the molecule is CCN(CC(=O)O)C1CC(NC(=O)NCc2ccc(Br)cc2)C1. The number of amides is 2. The number of carbonyl (C=O) groups is 2. The Kier molecular flexibility index (Phi) is 6.41. The van der Waals surface area contributed by atoms with Gasteiger partial charge in [0.15, 0.2) is 0 Å². The van der Waals surface area contributed by atoms with E-state index in [0.29, 0.717) is 13.1 Å². The van der Waals surface area contributed by atoms with Gasteiger partial charge in [-0.3, -0.25) is 9.69 Å². The minimum absolute atomic E-state index is 0.0592. The number of nitrogens with one attached hydrogen (secondary N) is 2. The van der Waals surface area contributed by atoms with Crippen molar-refractivity contribution in [3.8, 4) is 0 Å². The zero-order valence-corrected chi connectivity index (χ0v) is 14.7. The minimum atomic E-state index is -0.810. The van der Waals surface area contributed by atoms with Crippen LogP contribution < -0.4 is 10.6 Å². The summed E-state index contributed by atoms with van der Waals surface area (Å²) in [4.78, 5) is 24.6. The first-order valence-electron chi connectivity index (χ1n) is 7.72. The molecule has 7 heteroatoms. The molecule has 3 N–H and O–H groups in total. The molecule has 0 aliphatic heterocycles. The monoisotopic (exact) mass is 383 g/mol. The largest absolute Gasteiger partial charge is 0.480 e. The third kappa shape index (κ3) is 5.51. The van der Waals surface area contributed by atoms with Gasteiger partial charge in [0, 0.05) is 23.1 Å². The van der Waals surface area contributed by atoms with Crippen molar-refractivity contribution in [3.63, 3.8) is 0 Å². The van der Waals surface area contributed by atoms with E-state index in [9.17, 15) is 9.59 Å². The number of nitrogens with zero attached hydrogens (tertiary/aromatic N) is 1. The zero-order chi connectivity index (χ0) is 16.8. The van der Waals surface area contributed by atoms with Crippen LogP contribution in [0.5, 0.6) is 0 Å². The summed E-state index contributed by atoms with van der Waals surface area (Å²) in [6, 6.07) is 7.96. The van der Waals surface area contributed by atoms with Gasteiger partial charge in [0.1, 0.15) is 0 Å². The second-order valence-electron chi connectivity index (χ2n) is 5.73. The van der Waals surface area contributed by atoms with E-state index < -0.39 is 5.97 Å². The van der Waals surface area contributed by atoms with Crippen LogP contribution in [0.4, 0.5) is 4.79 Å². The van der Waals surface area contributed by atoms with Gasteiger partial charge >= 0.3 is 12.0 Å². The first-order valence-corrected chi connectivity index (χ1v) is 8.52. The molecule has 1 aromatic carbocycles. The molecule has 1 aliphatic carbocycles. The van der Waals surface area contributed by atoms with Crippen LogP contribution in [0, 0.1) is 0 Å².